The van der Waals surface area contributed by atoms with Crippen molar-refractivity contribution in [1.29, 1.82) is 0 Å². The maximum absolute atomic E-state index is 12.2. The molecule has 0 fully saturated rings. The van der Waals surface area contributed by atoms with Gasteiger partial charge in [0.2, 0.25) is 7.37 Å². The molecule has 0 amide bonds. The van der Waals surface area contributed by atoms with Crippen LogP contribution in [0, 0.1) is 0 Å². The lowest BCUT2D eigenvalue weighted by molar-refractivity contribution is -0.142. The van der Waals surface area contributed by atoms with Crippen LogP contribution in [0.5, 0.6) is 0 Å². The molecule has 0 radical (unpaired) electrons. The van der Waals surface area contributed by atoms with Crippen LogP contribution in [-0.2, 0) is 20.5 Å². The number of esters is 1. The molecule has 0 aromatic heterocycles. The zero-order valence-electron chi connectivity index (χ0n) is 12.7. The molecule has 1 N–H and O–H groups in total. The summed E-state index contributed by atoms with van der Waals surface area (Å²) in [7, 11) is -3.31. The lowest BCUT2D eigenvalue weighted by Crippen LogP contribution is -2.08. The smallest absolute Gasteiger partial charge is 0.306 e. The van der Waals surface area contributed by atoms with Crippen molar-refractivity contribution in [2.75, 3.05) is 18.9 Å². The van der Waals surface area contributed by atoms with Gasteiger partial charge in [0.05, 0.1) is 13.0 Å². The summed E-state index contributed by atoms with van der Waals surface area (Å²) in [4.78, 5) is 21.3. The van der Waals surface area contributed by atoms with E-state index in [-0.39, 0.29) is 18.7 Å². The third-order valence-electron chi connectivity index (χ3n) is 3.58. The number of fused-ring (bicyclic) bond motifs is 1. The Hall–Kier alpha value is -1.64. The van der Waals surface area contributed by atoms with E-state index in [1.807, 2.05) is 42.5 Å². The summed E-state index contributed by atoms with van der Waals surface area (Å²) in [6.07, 6.45) is 0.687. The predicted molar refractivity (Wildman–Crippen MR) is 88.5 cm³/mol. The molecular formula is C17H21O4P. The Balaban J connectivity index is 1.98. The Morgan fingerprint density at radius 2 is 1.86 bits per heavy atom. The van der Waals surface area contributed by atoms with Crippen LogP contribution < -0.4 is 0 Å². The maximum atomic E-state index is 12.2. The number of hydrogen-bond donors (Lipinski definition) is 1. The van der Waals surface area contributed by atoms with E-state index >= 15 is 0 Å². The SMILES string of the molecule is CCOC(=O)CCP(=O)(O)CCc1cccc2ccccc12. The summed E-state index contributed by atoms with van der Waals surface area (Å²) < 4.78 is 17.0. The zero-order valence-corrected chi connectivity index (χ0v) is 13.6. The van der Waals surface area contributed by atoms with Crippen LogP contribution in [0.15, 0.2) is 42.5 Å². The second kappa shape index (κ2) is 7.57. The summed E-state index contributed by atoms with van der Waals surface area (Å²) in [5.41, 5.74) is 1.06. The Kier molecular flexibility index (Phi) is 5.76. The summed E-state index contributed by atoms with van der Waals surface area (Å²) >= 11 is 0. The van der Waals surface area contributed by atoms with Gasteiger partial charge < -0.3 is 9.63 Å². The number of rotatable bonds is 7. The highest BCUT2D eigenvalue weighted by atomic mass is 31.2. The molecule has 118 valence electrons. The second-order valence-electron chi connectivity index (χ2n) is 5.24. The Bertz CT molecular complexity index is 691. The van der Waals surface area contributed by atoms with Crippen molar-refractivity contribution in [2.45, 2.75) is 19.8 Å². The lowest BCUT2D eigenvalue weighted by Gasteiger charge is -2.12. The van der Waals surface area contributed by atoms with E-state index in [4.69, 9.17) is 4.74 Å². The maximum Gasteiger partial charge on any atom is 0.306 e. The van der Waals surface area contributed by atoms with E-state index in [9.17, 15) is 14.3 Å². The van der Waals surface area contributed by atoms with Gasteiger partial charge in [-0.05, 0) is 29.7 Å². The number of hydrogen-bond acceptors (Lipinski definition) is 3. The van der Waals surface area contributed by atoms with Crippen molar-refractivity contribution in [3.05, 3.63) is 48.0 Å². The van der Waals surface area contributed by atoms with Gasteiger partial charge in [-0.3, -0.25) is 9.36 Å². The first-order valence-corrected chi connectivity index (χ1v) is 9.48. The van der Waals surface area contributed by atoms with Crippen LogP contribution in [-0.4, -0.2) is 29.8 Å². The van der Waals surface area contributed by atoms with Gasteiger partial charge in [0.1, 0.15) is 0 Å². The summed E-state index contributed by atoms with van der Waals surface area (Å²) in [6.45, 7) is 2.02. The van der Waals surface area contributed by atoms with Crippen molar-refractivity contribution >= 4 is 24.1 Å². The number of ether oxygens (including phenoxy) is 1. The van der Waals surface area contributed by atoms with Crippen LogP contribution >= 0.6 is 7.37 Å². The van der Waals surface area contributed by atoms with Crippen LogP contribution in [0.1, 0.15) is 18.9 Å². The molecule has 22 heavy (non-hydrogen) atoms. The molecule has 0 saturated carbocycles. The van der Waals surface area contributed by atoms with Gasteiger partial charge in [0, 0.05) is 12.3 Å². The van der Waals surface area contributed by atoms with Crippen molar-refractivity contribution in [2.24, 2.45) is 0 Å². The largest absolute Gasteiger partial charge is 0.466 e. The lowest BCUT2D eigenvalue weighted by atomic mass is 10.0. The van der Waals surface area contributed by atoms with Gasteiger partial charge in [-0.2, -0.15) is 0 Å². The predicted octanol–water partition coefficient (Wildman–Crippen LogP) is 3.61. The summed E-state index contributed by atoms with van der Waals surface area (Å²) in [6, 6.07) is 13.9. The molecule has 0 aliphatic heterocycles. The molecule has 2 aromatic carbocycles. The fourth-order valence-electron chi connectivity index (χ4n) is 2.42. The van der Waals surface area contributed by atoms with E-state index in [1.165, 1.54) is 0 Å². The number of benzene rings is 2. The second-order valence-corrected chi connectivity index (χ2v) is 7.82. The Labute approximate surface area is 130 Å². The highest BCUT2D eigenvalue weighted by molar-refractivity contribution is 7.58. The minimum atomic E-state index is -3.31. The standard InChI is InChI=1S/C17H21O4P/c1-2-21-17(18)11-13-22(19,20)12-10-15-8-5-7-14-6-3-4-9-16(14)15/h3-9H,2,10-13H2,1H3,(H,19,20). The number of carbonyl (C=O) groups is 1. The van der Waals surface area contributed by atoms with Gasteiger partial charge in [0.15, 0.2) is 0 Å². The first-order valence-electron chi connectivity index (χ1n) is 7.45. The third-order valence-corrected chi connectivity index (χ3v) is 5.43. The Morgan fingerprint density at radius 3 is 2.64 bits per heavy atom. The van der Waals surface area contributed by atoms with Gasteiger partial charge in [0.25, 0.3) is 0 Å². The third kappa shape index (κ3) is 4.69. The topological polar surface area (TPSA) is 63.6 Å². The average molecular weight is 320 g/mol. The molecule has 0 aliphatic carbocycles. The first-order chi connectivity index (χ1) is 10.5. The van der Waals surface area contributed by atoms with E-state index in [2.05, 4.69) is 0 Å². The normalized spacial score (nSPS) is 13.7. The minimum Gasteiger partial charge on any atom is -0.466 e. The summed E-state index contributed by atoms with van der Waals surface area (Å²) in [5.74, 6) is -0.415. The molecule has 0 bridgehead atoms. The molecule has 2 rings (SSSR count). The molecule has 5 heteroatoms. The molecule has 1 atom stereocenters. The van der Waals surface area contributed by atoms with Gasteiger partial charge in [-0.25, -0.2) is 0 Å². The molecule has 0 heterocycles. The molecule has 0 spiro atoms. The van der Waals surface area contributed by atoms with E-state index in [1.54, 1.807) is 6.92 Å². The quantitative estimate of drug-likeness (QED) is 0.625. The van der Waals surface area contributed by atoms with E-state index < -0.39 is 13.3 Å². The van der Waals surface area contributed by atoms with Crippen LogP contribution in [0.4, 0.5) is 0 Å². The van der Waals surface area contributed by atoms with Crippen molar-refractivity contribution in [1.82, 2.24) is 0 Å². The van der Waals surface area contributed by atoms with Gasteiger partial charge in [-0.15, -0.1) is 0 Å². The van der Waals surface area contributed by atoms with Gasteiger partial charge >= 0.3 is 5.97 Å². The van der Waals surface area contributed by atoms with Crippen molar-refractivity contribution < 1.29 is 19.0 Å². The molecule has 1 unspecified atom stereocenters. The van der Waals surface area contributed by atoms with Crippen LogP contribution in [0.3, 0.4) is 0 Å². The summed E-state index contributed by atoms with van der Waals surface area (Å²) in [5, 5.41) is 2.23. The highest BCUT2D eigenvalue weighted by Crippen LogP contribution is 2.42. The van der Waals surface area contributed by atoms with Crippen molar-refractivity contribution in [3.8, 4) is 0 Å². The van der Waals surface area contributed by atoms with E-state index in [0.717, 1.165) is 16.3 Å². The van der Waals surface area contributed by atoms with E-state index in [0.29, 0.717) is 13.0 Å². The average Bonchev–Trinajstić information content (AvgIpc) is 2.51. The number of aryl methyl sites for hydroxylation is 1. The zero-order chi connectivity index (χ0) is 16.0. The number of carbonyl (C=O) groups excluding carboxylic acids is 1. The fourth-order valence-corrected chi connectivity index (χ4v) is 3.76. The molecular weight excluding hydrogens is 299 g/mol. The minimum absolute atomic E-state index is 0.00282. The first kappa shape index (κ1) is 16.7. The molecule has 2 aromatic rings. The Morgan fingerprint density at radius 1 is 1.14 bits per heavy atom. The van der Waals surface area contributed by atoms with Crippen LogP contribution in [0.2, 0.25) is 0 Å². The van der Waals surface area contributed by atoms with Gasteiger partial charge in [-0.1, -0.05) is 42.5 Å². The fraction of sp³-hybridized carbons (Fsp3) is 0.353. The monoisotopic (exact) mass is 320 g/mol. The molecule has 0 aliphatic rings. The molecule has 4 nitrogen and oxygen atoms in total. The van der Waals surface area contributed by atoms with Crippen LogP contribution in [0.25, 0.3) is 10.8 Å². The van der Waals surface area contributed by atoms with Crippen molar-refractivity contribution in [3.63, 3.8) is 0 Å². The molecule has 0 saturated heterocycles. The highest BCUT2D eigenvalue weighted by Gasteiger charge is 2.20.